The molecule has 0 bridgehead atoms. The van der Waals surface area contributed by atoms with Crippen LogP contribution in [0.5, 0.6) is 11.5 Å². The van der Waals surface area contributed by atoms with Crippen LogP contribution in [0.1, 0.15) is 33.3 Å². The maximum atomic E-state index is 13.2. The number of ether oxygens (including phenoxy) is 1. The van der Waals surface area contributed by atoms with Crippen molar-refractivity contribution in [3.63, 3.8) is 0 Å². The molecule has 5 nitrogen and oxygen atoms in total. The first kappa shape index (κ1) is 22.3. The van der Waals surface area contributed by atoms with E-state index >= 15 is 0 Å². The number of nitrogens with two attached hydrogens (primary N) is 1. The van der Waals surface area contributed by atoms with Crippen LogP contribution in [0.15, 0.2) is 72.5 Å². The Balaban J connectivity index is 2.03. The highest BCUT2D eigenvalue weighted by molar-refractivity contribution is 7.91. The summed E-state index contributed by atoms with van der Waals surface area (Å²) in [5.41, 5.74) is 8.43. The Morgan fingerprint density at radius 3 is 2.37 bits per heavy atom. The Morgan fingerprint density at radius 2 is 1.73 bits per heavy atom. The van der Waals surface area contributed by atoms with Crippen molar-refractivity contribution in [1.29, 1.82) is 0 Å². The van der Waals surface area contributed by atoms with Crippen LogP contribution < -0.4 is 14.4 Å². The van der Waals surface area contributed by atoms with Gasteiger partial charge in [-0.1, -0.05) is 45.0 Å². The highest BCUT2D eigenvalue weighted by Crippen LogP contribution is 2.36. The average molecular weight is 428 g/mol. The monoisotopic (exact) mass is 427 g/mol. The highest BCUT2D eigenvalue weighted by Gasteiger charge is 2.42. The molecule has 0 fully saturated rings. The van der Waals surface area contributed by atoms with Gasteiger partial charge in [0.1, 0.15) is 24.2 Å². The minimum Gasteiger partial charge on any atom is -0.457 e. The molecule has 0 aromatic heterocycles. The van der Waals surface area contributed by atoms with Crippen LogP contribution in [0.3, 0.4) is 0 Å². The van der Waals surface area contributed by atoms with Gasteiger partial charge in [0.05, 0.1) is 5.75 Å². The molecule has 0 saturated carbocycles. The largest absolute Gasteiger partial charge is 0.457 e. The molecule has 2 N–H and O–H groups in total. The van der Waals surface area contributed by atoms with Gasteiger partial charge >= 0.3 is 10.0 Å². The summed E-state index contributed by atoms with van der Waals surface area (Å²) >= 11 is 0. The summed E-state index contributed by atoms with van der Waals surface area (Å²) < 4.78 is 32.2. The molecule has 3 rings (SSSR count). The Bertz CT molecular complexity index is 1080. The number of sulfonamides is 1. The summed E-state index contributed by atoms with van der Waals surface area (Å²) in [6, 6.07) is 15.3. The summed E-state index contributed by atoms with van der Waals surface area (Å²) in [7, 11) is -3.50. The zero-order valence-corrected chi connectivity index (χ0v) is 18.9. The van der Waals surface area contributed by atoms with Crippen molar-refractivity contribution in [2.45, 2.75) is 33.1 Å². The molecule has 0 amide bonds. The summed E-state index contributed by atoms with van der Waals surface area (Å²) in [6.07, 6.45) is 5.51. The molecule has 160 valence electrons. The van der Waals surface area contributed by atoms with Gasteiger partial charge in [0.15, 0.2) is 5.69 Å². The molecule has 2 aromatic carbocycles. The maximum Gasteiger partial charge on any atom is 0.306 e. The second kappa shape index (κ2) is 8.38. The number of rotatable bonds is 6. The van der Waals surface area contributed by atoms with Gasteiger partial charge < -0.3 is 10.5 Å². The van der Waals surface area contributed by atoms with Crippen LogP contribution in [0.2, 0.25) is 0 Å². The third-order valence-corrected chi connectivity index (χ3v) is 7.56. The second-order valence-corrected chi connectivity index (χ2v) is 10.9. The van der Waals surface area contributed by atoms with Gasteiger partial charge in [0, 0.05) is 24.3 Å². The third kappa shape index (κ3) is 4.36. The minimum atomic E-state index is -3.50. The molecule has 0 saturated heterocycles. The van der Waals surface area contributed by atoms with Crippen molar-refractivity contribution < 1.29 is 13.2 Å². The van der Waals surface area contributed by atoms with Gasteiger partial charge in [0.2, 0.25) is 0 Å². The lowest BCUT2D eigenvalue weighted by Gasteiger charge is -2.34. The molecule has 1 unspecified atom stereocenters. The molecule has 0 spiro atoms. The van der Waals surface area contributed by atoms with E-state index in [1.165, 1.54) is 5.56 Å². The molecule has 30 heavy (non-hydrogen) atoms. The van der Waals surface area contributed by atoms with Crippen molar-refractivity contribution >= 4 is 15.7 Å². The van der Waals surface area contributed by atoms with E-state index in [1.54, 1.807) is 19.2 Å². The van der Waals surface area contributed by atoms with Crippen molar-refractivity contribution in [3.05, 3.63) is 78.0 Å². The number of hydrogen-bond donors (Lipinski definition) is 1. The zero-order chi connectivity index (χ0) is 22.0. The molecule has 1 aliphatic rings. The van der Waals surface area contributed by atoms with Gasteiger partial charge in [-0.25, -0.2) is 0 Å². The Hall–Kier alpha value is -2.41. The number of benzene rings is 2. The Labute approximate surface area is 180 Å². The fourth-order valence-electron chi connectivity index (χ4n) is 3.55. The summed E-state index contributed by atoms with van der Waals surface area (Å²) in [4.78, 5) is 0. The fraction of sp³-hybridized carbons (Fsp3) is 0.333. The van der Waals surface area contributed by atoms with E-state index in [-0.39, 0.29) is 21.6 Å². The van der Waals surface area contributed by atoms with E-state index in [0.717, 1.165) is 11.3 Å². The van der Waals surface area contributed by atoms with E-state index in [4.69, 9.17) is 10.5 Å². The Kier molecular flexibility index (Phi) is 6.22. The van der Waals surface area contributed by atoms with Crippen molar-refractivity contribution in [2.24, 2.45) is 5.73 Å². The number of quaternary nitrogens is 1. The molecule has 2 aromatic rings. The van der Waals surface area contributed by atoms with E-state index in [2.05, 4.69) is 26.8 Å². The van der Waals surface area contributed by atoms with Gasteiger partial charge in [-0.3, -0.25) is 0 Å². The van der Waals surface area contributed by atoms with Crippen molar-refractivity contribution in [1.82, 2.24) is 3.89 Å². The summed E-state index contributed by atoms with van der Waals surface area (Å²) in [5, 5.41) is 0. The van der Waals surface area contributed by atoms with E-state index in [0.29, 0.717) is 18.0 Å². The molecular weight excluding hydrogens is 396 g/mol. The predicted octanol–water partition coefficient (Wildman–Crippen LogP) is 4.85. The maximum absolute atomic E-state index is 13.2. The number of hydrogen-bond acceptors (Lipinski definition) is 4. The molecule has 1 atom stereocenters. The lowest BCUT2D eigenvalue weighted by atomic mass is 9.87. The first-order valence-electron chi connectivity index (χ1n) is 10.2. The highest BCUT2D eigenvalue weighted by atomic mass is 32.2. The average Bonchev–Trinajstić information content (AvgIpc) is 2.73. The molecule has 1 aliphatic heterocycles. The topological polar surface area (TPSA) is 69.4 Å². The van der Waals surface area contributed by atoms with Gasteiger partial charge in [0.25, 0.3) is 0 Å². The Morgan fingerprint density at radius 1 is 1.07 bits per heavy atom. The van der Waals surface area contributed by atoms with Crippen molar-refractivity contribution in [3.8, 4) is 11.5 Å². The smallest absolute Gasteiger partial charge is 0.306 e. The van der Waals surface area contributed by atoms with Crippen LogP contribution in [-0.4, -0.2) is 27.3 Å². The molecule has 0 radical (unpaired) electrons. The lowest BCUT2D eigenvalue weighted by molar-refractivity contribution is 0.474. The first-order valence-corrected chi connectivity index (χ1v) is 11.8. The first-order chi connectivity index (χ1) is 14.1. The third-order valence-electron chi connectivity index (χ3n) is 5.37. The summed E-state index contributed by atoms with van der Waals surface area (Å²) in [5.74, 6) is 1.34. The SMILES string of the molecule is CCS(=O)(=O)[N+]1(c2cccc(Oc3cccc(C(C)(C)C)c3)c2)C=C(CN)C=CC1. The molecular formula is C24H31N2O3S+. The van der Waals surface area contributed by atoms with E-state index in [1.807, 2.05) is 48.6 Å². The van der Waals surface area contributed by atoms with Crippen LogP contribution in [-0.2, 0) is 15.4 Å². The van der Waals surface area contributed by atoms with Crippen LogP contribution in [0.4, 0.5) is 5.69 Å². The molecule has 0 aliphatic carbocycles. The predicted molar refractivity (Wildman–Crippen MR) is 124 cm³/mol. The van der Waals surface area contributed by atoms with E-state index in [9.17, 15) is 8.42 Å². The van der Waals surface area contributed by atoms with Crippen LogP contribution >= 0.6 is 0 Å². The van der Waals surface area contributed by atoms with Gasteiger partial charge in [-0.05, 0) is 42.2 Å². The van der Waals surface area contributed by atoms with Crippen LogP contribution in [0.25, 0.3) is 0 Å². The van der Waals surface area contributed by atoms with Gasteiger partial charge in [-0.15, -0.1) is 0 Å². The normalized spacial score (nSPS) is 19.4. The molecule has 6 heteroatoms. The quantitative estimate of drug-likeness (QED) is 0.670. The van der Waals surface area contributed by atoms with Crippen molar-refractivity contribution in [2.75, 3.05) is 18.8 Å². The number of nitrogens with zero attached hydrogens (tertiary/aromatic N) is 1. The fourth-order valence-corrected chi connectivity index (χ4v) is 5.06. The van der Waals surface area contributed by atoms with Gasteiger partial charge in [-0.2, -0.15) is 12.3 Å². The summed E-state index contributed by atoms with van der Waals surface area (Å²) in [6.45, 7) is 8.74. The minimum absolute atomic E-state index is 0.00915. The van der Waals surface area contributed by atoms with Crippen LogP contribution in [0, 0.1) is 0 Å². The second-order valence-electron chi connectivity index (χ2n) is 8.54. The zero-order valence-electron chi connectivity index (χ0n) is 18.1. The van der Waals surface area contributed by atoms with E-state index < -0.39 is 10.0 Å². The standard InChI is InChI=1S/C24H31N2O3S/c1-5-30(27,28)26(14-8-9-19(17-25)18-26)21-11-7-13-23(16-21)29-22-12-6-10-20(15-22)24(2,3)4/h6-13,15-16,18H,5,14,17,25H2,1-4H3/q+1. The lowest BCUT2D eigenvalue weighted by Crippen LogP contribution is -2.51. The molecule has 1 heterocycles.